The van der Waals surface area contributed by atoms with E-state index in [1.807, 2.05) is 6.92 Å². The molecular weight excluding hydrogens is 374 g/mol. The van der Waals surface area contributed by atoms with Crippen molar-refractivity contribution >= 4 is 43.3 Å². The largest absolute Gasteiger partial charge is 0.369 e. The molecule has 21 heavy (non-hydrogen) atoms. The fourth-order valence-corrected chi connectivity index (χ4v) is 3.58. The lowest BCUT2D eigenvalue weighted by Crippen LogP contribution is -2.01. The first-order valence-electron chi connectivity index (χ1n) is 6.14. The fourth-order valence-electron chi connectivity index (χ4n) is 1.58. The topological polar surface area (TPSA) is 72.0 Å². The first-order chi connectivity index (χ1) is 9.91. The van der Waals surface area contributed by atoms with E-state index in [-0.39, 0.29) is 0 Å². The molecule has 0 aliphatic carbocycles. The van der Waals surface area contributed by atoms with Gasteiger partial charge >= 0.3 is 0 Å². The van der Waals surface area contributed by atoms with Gasteiger partial charge in [-0.25, -0.2) is 18.4 Å². The van der Waals surface area contributed by atoms with Crippen molar-refractivity contribution in [1.82, 2.24) is 9.97 Å². The third-order valence-electron chi connectivity index (χ3n) is 2.57. The van der Waals surface area contributed by atoms with Crippen LogP contribution in [0.3, 0.4) is 0 Å². The number of hydrogen-bond donors (Lipinski definition) is 1. The standard InChI is InChI=1S/C13H14BrN3O2S2/c1-3-15-12-11(14)13(17-8-16-12)20-9-4-6-10(7-5-9)21(2,18)19/h4-8H,3H2,1-2H3,(H,15,16,17). The number of nitrogens with zero attached hydrogens (tertiary/aromatic N) is 2. The van der Waals surface area contributed by atoms with Gasteiger partial charge in [-0.3, -0.25) is 0 Å². The van der Waals surface area contributed by atoms with Crippen LogP contribution < -0.4 is 5.32 Å². The van der Waals surface area contributed by atoms with Crippen LogP contribution in [0.25, 0.3) is 0 Å². The van der Waals surface area contributed by atoms with E-state index >= 15 is 0 Å². The number of rotatable bonds is 5. The van der Waals surface area contributed by atoms with E-state index in [1.54, 1.807) is 24.3 Å². The summed E-state index contributed by atoms with van der Waals surface area (Å²) in [6.07, 6.45) is 2.69. The van der Waals surface area contributed by atoms with Crippen molar-refractivity contribution in [1.29, 1.82) is 0 Å². The number of nitrogens with one attached hydrogen (secondary N) is 1. The van der Waals surface area contributed by atoms with Gasteiger partial charge in [-0.1, -0.05) is 11.8 Å². The molecule has 1 N–H and O–H groups in total. The monoisotopic (exact) mass is 387 g/mol. The maximum Gasteiger partial charge on any atom is 0.175 e. The van der Waals surface area contributed by atoms with Crippen molar-refractivity contribution in [2.45, 2.75) is 21.7 Å². The Morgan fingerprint density at radius 1 is 1.24 bits per heavy atom. The molecule has 1 aromatic heterocycles. The Kier molecular flexibility index (Phi) is 5.23. The van der Waals surface area contributed by atoms with E-state index in [1.165, 1.54) is 24.3 Å². The van der Waals surface area contributed by atoms with E-state index in [0.717, 1.165) is 26.8 Å². The van der Waals surface area contributed by atoms with Gasteiger partial charge in [0.15, 0.2) is 9.84 Å². The molecule has 0 aliphatic heterocycles. The Bertz CT molecular complexity index is 734. The highest BCUT2D eigenvalue weighted by atomic mass is 79.9. The van der Waals surface area contributed by atoms with Crippen molar-refractivity contribution in [2.24, 2.45) is 0 Å². The van der Waals surface area contributed by atoms with Crippen LogP contribution in [0.2, 0.25) is 0 Å². The fraction of sp³-hybridized carbons (Fsp3) is 0.231. The first-order valence-corrected chi connectivity index (χ1v) is 9.64. The van der Waals surface area contributed by atoms with Crippen LogP contribution in [0.1, 0.15) is 6.92 Å². The van der Waals surface area contributed by atoms with Crippen LogP contribution >= 0.6 is 27.7 Å². The highest BCUT2D eigenvalue weighted by Crippen LogP contribution is 2.35. The van der Waals surface area contributed by atoms with Crippen molar-refractivity contribution in [3.63, 3.8) is 0 Å². The number of sulfone groups is 1. The molecule has 0 bridgehead atoms. The smallest absolute Gasteiger partial charge is 0.175 e. The van der Waals surface area contributed by atoms with Gasteiger partial charge in [-0.2, -0.15) is 0 Å². The van der Waals surface area contributed by atoms with E-state index in [9.17, 15) is 8.42 Å². The summed E-state index contributed by atoms with van der Waals surface area (Å²) in [4.78, 5) is 9.60. The maximum absolute atomic E-state index is 11.4. The van der Waals surface area contributed by atoms with Gasteiger partial charge in [-0.15, -0.1) is 0 Å². The molecule has 0 radical (unpaired) electrons. The van der Waals surface area contributed by atoms with Crippen molar-refractivity contribution in [2.75, 3.05) is 18.1 Å². The first kappa shape index (κ1) is 16.3. The molecule has 5 nitrogen and oxygen atoms in total. The van der Waals surface area contributed by atoms with Crippen molar-refractivity contribution in [3.05, 3.63) is 35.1 Å². The molecule has 0 amide bonds. The van der Waals surface area contributed by atoms with Crippen LogP contribution in [0.5, 0.6) is 0 Å². The predicted molar refractivity (Wildman–Crippen MR) is 87.6 cm³/mol. The molecule has 0 spiro atoms. The molecule has 0 saturated heterocycles. The zero-order valence-electron chi connectivity index (χ0n) is 11.5. The molecule has 0 fully saturated rings. The zero-order valence-corrected chi connectivity index (χ0v) is 14.7. The minimum atomic E-state index is -3.17. The quantitative estimate of drug-likeness (QED) is 0.793. The number of anilines is 1. The molecule has 1 heterocycles. The van der Waals surface area contributed by atoms with Gasteiger partial charge in [0.2, 0.25) is 0 Å². The summed E-state index contributed by atoms with van der Waals surface area (Å²) >= 11 is 4.92. The molecule has 1 aromatic carbocycles. The molecule has 2 rings (SSSR count). The van der Waals surface area contributed by atoms with Gasteiger partial charge in [-0.05, 0) is 47.1 Å². The molecule has 8 heteroatoms. The van der Waals surface area contributed by atoms with E-state index in [2.05, 4.69) is 31.2 Å². The van der Waals surface area contributed by atoms with Crippen LogP contribution in [-0.2, 0) is 9.84 Å². The second-order valence-corrected chi connectivity index (χ2v) is 8.09. The molecule has 0 atom stereocenters. The molecular formula is C13H14BrN3O2S2. The Hall–Kier alpha value is -1.12. The number of benzene rings is 1. The van der Waals surface area contributed by atoms with E-state index < -0.39 is 9.84 Å². The average molecular weight is 388 g/mol. The highest BCUT2D eigenvalue weighted by Gasteiger charge is 2.11. The summed E-state index contributed by atoms with van der Waals surface area (Å²) in [5.74, 6) is 0.739. The van der Waals surface area contributed by atoms with Gasteiger partial charge in [0, 0.05) is 17.7 Å². The summed E-state index contributed by atoms with van der Waals surface area (Å²) in [5.41, 5.74) is 0. The predicted octanol–water partition coefficient (Wildman–Crippen LogP) is 3.23. The van der Waals surface area contributed by atoms with Crippen molar-refractivity contribution in [3.8, 4) is 0 Å². The summed E-state index contributed by atoms with van der Waals surface area (Å²) in [7, 11) is -3.17. The molecule has 0 aliphatic rings. The zero-order chi connectivity index (χ0) is 15.5. The second-order valence-electron chi connectivity index (χ2n) is 4.22. The summed E-state index contributed by atoms with van der Waals surface area (Å²) in [6, 6.07) is 6.72. The lowest BCUT2D eigenvalue weighted by Gasteiger charge is -2.08. The van der Waals surface area contributed by atoms with Crippen LogP contribution in [0.4, 0.5) is 5.82 Å². The number of aromatic nitrogens is 2. The van der Waals surface area contributed by atoms with Crippen LogP contribution in [-0.4, -0.2) is 31.2 Å². The van der Waals surface area contributed by atoms with Crippen molar-refractivity contribution < 1.29 is 8.42 Å². The normalized spacial score (nSPS) is 11.4. The number of halogens is 1. The third-order valence-corrected chi connectivity index (χ3v) is 5.72. The third kappa shape index (κ3) is 4.18. The minimum Gasteiger partial charge on any atom is -0.369 e. The Morgan fingerprint density at radius 3 is 2.48 bits per heavy atom. The van der Waals surface area contributed by atoms with Crippen LogP contribution in [0.15, 0.2) is 49.9 Å². The summed E-state index contributed by atoms with van der Waals surface area (Å²) < 4.78 is 23.7. The van der Waals surface area contributed by atoms with Gasteiger partial charge in [0.1, 0.15) is 17.2 Å². The second kappa shape index (κ2) is 6.76. The lowest BCUT2D eigenvalue weighted by molar-refractivity contribution is 0.602. The molecule has 0 saturated carbocycles. The lowest BCUT2D eigenvalue weighted by atomic mass is 10.4. The molecule has 0 unspecified atom stereocenters. The molecule has 2 aromatic rings. The molecule has 112 valence electrons. The summed E-state index contributed by atoms with van der Waals surface area (Å²) in [6.45, 7) is 2.76. The minimum absolute atomic E-state index is 0.307. The van der Waals surface area contributed by atoms with Gasteiger partial charge in [0.05, 0.1) is 9.37 Å². The van der Waals surface area contributed by atoms with E-state index in [4.69, 9.17) is 0 Å². The summed E-state index contributed by atoms with van der Waals surface area (Å²) in [5, 5.41) is 3.91. The Morgan fingerprint density at radius 2 is 1.90 bits per heavy atom. The van der Waals surface area contributed by atoms with Gasteiger partial charge < -0.3 is 5.32 Å². The van der Waals surface area contributed by atoms with Crippen LogP contribution in [0, 0.1) is 0 Å². The Labute approximate surface area is 136 Å². The average Bonchev–Trinajstić information content (AvgIpc) is 2.43. The number of hydrogen-bond acceptors (Lipinski definition) is 6. The van der Waals surface area contributed by atoms with E-state index in [0.29, 0.717) is 4.90 Å². The SMILES string of the molecule is CCNc1ncnc(Sc2ccc(S(C)(=O)=O)cc2)c1Br. The Balaban J connectivity index is 2.24. The van der Waals surface area contributed by atoms with Gasteiger partial charge in [0.25, 0.3) is 0 Å². The maximum atomic E-state index is 11.4. The highest BCUT2D eigenvalue weighted by molar-refractivity contribution is 9.10.